The molecule has 0 unspecified atom stereocenters. The molecule has 3 rings (SSSR count). The van der Waals surface area contributed by atoms with Crippen molar-refractivity contribution in [1.29, 1.82) is 0 Å². The van der Waals surface area contributed by atoms with Gasteiger partial charge >= 0.3 is 0 Å². The van der Waals surface area contributed by atoms with Crippen LogP contribution in [-0.4, -0.2) is 21.8 Å². The van der Waals surface area contributed by atoms with Gasteiger partial charge in [0, 0.05) is 5.38 Å². The molecule has 3 aromatic heterocycles. The highest BCUT2D eigenvalue weighted by Crippen LogP contribution is 2.25. The van der Waals surface area contributed by atoms with Gasteiger partial charge in [0.25, 0.3) is 5.91 Å². The molecule has 0 bridgehead atoms. The number of aliphatic imine (C=N–C) groups is 1. The molecule has 0 atom stereocenters. The van der Waals surface area contributed by atoms with Gasteiger partial charge in [-0.2, -0.15) is 4.99 Å². The summed E-state index contributed by atoms with van der Waals surface area (Å²) in [4.78, 5) is 24.5. The number of nitrogens with one attached hydrogen (secondary N) is 1. The molecule has 9 heteroatoms. The third kappa shape index (κ3) is 3.76. The van der Waals surface area contributed by atoms with Gasteiger partial charge in [0.05, 0.1) is 24.2 Å². The summed E-state index contributed by atoms with van der Waals surface area (Å²) in [6.45, 7) is 0.276. The summed E-state index contributed by atoms with van der Waals surface area (Å²) in [7, 11) is 0. The van der Waals surface area contributed by atoms with Crippen LogP contribution in [-0.2, 0) is 6.54 Å². The van der Waals surface area contributed by atoms with E-state index < -0.39 is 0 Å². The molecule has 0 fully saturated rings. The number of carbonyl (C=O) groups is 1. The number of thiazole rings is 1. The minimum absolute atomic E-state index is 0.0433. The van der Waals surface area contributed by atoms with Crippen LogP contribution in [0.25, 0.3) is 11.4 Å². The number of hydrogen-bond donors (Lipinski definition) is 3. The van der Waals surface area contributed by atoms with Crippen LogP contribution in [0.1, 0.15) is 16.2 Å². The zero-order valence-corrected chi connectivity index (χ0v) is 13.3. The molecule has 0 saturated carbocycles. The van der Waals surface area contributed by atoms with Crippen molar-refractivity contribution < 1.29 is 9.21 Å². The molecule has 1 amide bonds. The monoisotopic (exact) mass is 342 g/mol. The van der Waals surface area contributed by atoms with Gasteiger partial charge in [0.2, 0.25) is 5.13 Å². The van der Waals surface area contributed by atoms with Crippen molar-refractivity contribution in [2.45, 2.75) is 6.54 Å². The van der Waals surface area contributed by atoms with E-state index in [0.717, 1.165) is 0 Å². The van der Waals surface area contributed by atoms with E-state index in [1.165, 1.54) is 17.6 Å². The summed E-state index contributed by atoms with van der Waals surface area (Å²) >= 11 is 1.31. The zero-order chi connectivity index (χ0) is 16.9. The van der Waals surface area contributed by atoms with Gasteiger partial charge in [-0.1, -0.05) is 6.07 Å². The van der Waals surface area contributed by atoms with E-state index in [9.17, 15) is 4.79 Å². The first-order chi connectivity index (χ1) is 11.6. The Hall–Kier alpha value is -3.20. The molecule has 0 aliphatic rings. The number of nitrogens with zero attached hydrogens (tertiary/aromatic N) is 3. The van der Waals surface area contributed by atoms with E-state index >= 15 is 0 Å². The van der Waals surface area contributed by atoms with E-state index in [-0.39, 0.29) is 24.2 Å². The molecule has 8 nitrogen and oxygen atoms in total. The van der Waals surface area contributed by atoms with Gasteiger partial charge in [0.15, 0.2) is 11.7 Å². The number of furan rings is 1. The van der Waals surface area contributed by atoms with Gasteiger partial charge in [-0.25, -0.2) is 9.97 Å². The third-order valence-corrected chi connectivity index (χ3v) is 3.70. The highest BCUT2D eigenvalue weighted by molar-refractivity contribution is 7.13. The summed E-state index contributed by atoms with van der Waals surface area (Å²) in [5.74, 6) is -0.0818. The summed E-state index contributed by atoms with van der Waals surface area (Å²) in [6, 6.07) is 8.74. The van der Waals surface area contributed by atoms with Crippen LogP contribution in [0, 0.1) is 0 Å². The summed E-state index contributed by atoms with van der Waals surface area (Å²) in [5, 5.41) is 5.02. The van der Waals surface area contributed by atoms with Crippen LogP contribution in [0.15, 0.2) is 51.4 Å². The van der Waals surface area contributed by atoms with Gasteiger partial charge in [-0.3, -0.25) is 4.79 Å². The Morgan fingerprint density at radius 3 is 2.83 bits per heavy atom. The zero-order valence-electron chi connectivity index (χ0n) is 12.5. The fourth-order valence-corrected chi connectivity index (χ4v) is 2.63. The van der Waals surface area contributed by atoms with Crippen LogP contribution in [0.5, 0.6) is 0 Å². The number of nitrogens with two attached hydrogens (primary N) is 2. The standard InChI is InChI=1S/C15H14N6O2S/c16-14(17)21-15-20-11(8-24-15)10-4-1-3-9(19-10)7-18-13(22)12-5-2-6-23-12/h1-6,8H,7H2,(H,18,22)(H4,16,17,20,21). The van der Waals surface area contributed by atoms with Crippen LogP contribution in [0.2, 0.25) is 0 Å². The lowest BCUT2D eigenvalue weighted by Crippen LogP contribution is -2.22. The second-order valence-electron chi connectivity index (χ2n) is 4.73. The molecule has 0 radical (unpaired) electrons. The van der Waals surface area contributed by atoms with Gasteiger partial charge in [0.1, 0.15) is 5.69 Å². The number of guanidine groups is 1. The predicted molar refractivity (Wildman–Crippen MR) is 90.7 cm³/mol. The van der Waals surface area contributed by atoms with E-state index in [4.69, 9.17) is 15.9 Å². The summed E-state index contributed by atoms with van der Waals surface area (Å²) in [6.07, 6.45) is 1.45. The predicted octanol–water partition coefficient (Wildman–Crippen LogP) is 1.63. The molecule has 0 aliphatic heterocycles. The Labute approximate surface area is 141 Å². The van der Waals surface area contributed by atoms with Crippen LogP contribution in [0.3, 0.4) is 0 Å². The molecule has 3 heterocycles. The average molecular weight is 342 g/mol. The summed E-state index contributed by atoms with van der Waals surface area (Å²) < 4.78 is 5.04. The molecule has 0 saturated heterocycles. The Balaban J connectivity index is 1.71. The van der Waals surface area contributed by atoms with Gasteiger partial charge in [-0.05, 0) is 24.3 Å². The van der Waals surface area contributed by atoms with Gasteiger partial charge < -0.3 is 21.2 Å². The molecular formula is C15H14N6O2S. The Bertz CT molecular complexity index is 868. The van der Waals surface area contributed by atoms with Crippen molar-refractivity contribution in [2.24, 2.45) is 16.5 Å². The first kappa shape index (κ1) is 15.7. The molecule has 0 aromatic carbocycles. The number of pyridine rings is 1. The number of aromatic nitrogens is 2. The van der Waals surface area contributed by atoms with Crippen molar-refractivity contribution in [3.63, 3.8) is 0 Å². The fraction of sp³-hybridized carbons (Fsp3) is 0.0667. The smallest absolute Gasteiger partial charge is 0.287 e. The Kier molecular flexibility index (Phi) is 4.52. The van der Waals surface area contributed by atoms with Crippen LogP contribution < -0.4 is 16.8 Å². The Morgan fingerprint density at radius 1 is 1.21 bits per heavy atom. The molecule has 0 aliphatic carbocycles. The number of hydrogen-bond acceptors (Lipinski definition) is 6. The third-order valence-electron chi connectivity index (χ3n) is 2.96. The maximum atomic E-state index is 11.9. The van der Waals surface area contributed by atoms with E-state index in [0.29, 0.717) is 22.2 Å². The normalized spacial score (nSPS) is 10.3. The van der Waals surface area contributed by atoms with Crippen molar-refractivity contribution >= 4 is 28.3 Å². The first-order valence-electron chi connectivity index (χ1n) is 6.95. The van der Waals surface area contributed by atoms with Crippen LogP contribution >= 0.6 is 11.3 Å². The largest absolute Gasteiger partial charge is 0.459 e. The SMILES string of the molecule is NC(N)=Nc1nc(-c2cccc(CNC(=O)c3ccco3)n2)cs1. The molecule has 0 spiro atoms. The highest BCUT2D eigenvalue weighted by Gasteiger charge is 2.10. The molecule has 3 aromatic rings. The fourth-order valence-electron chi connectivity index (χ4n) is 1.93. The topological polar surface area (TPSA) is 132 Å². The quantitative estimate of drug-likeness (QED) is 0.477. The highest BCUT2D eigenvalue weighted by atomic mass is 32.1. The molecule has 24 heavy (non-hydrogen) atoms. The van der Waals surface area contributed by atoms with Gasteiger partial charge in [-0.15, -0.1) is 11.3 Å². The van der Waals surface area contributed by atoms with Crippen LogP contribution in [0.4, 0.5) is 5.13 Å². The average Bonchev–Trinajstić information content (AvgIpc) is 3.24. The summed E-state index contributed by atoms with van der Waals surface area (Å²) in [5.41, 5.74) is 12.7. The van der Waals surface area contributed by atoms with E-state index in [1.54, 1.807) is 12.1 Å². The maximum absolute atomic E-state index is 11.9. The second-order valence-corrected chi connectivity index (χ2v) is 5.56. The van der Waals surface area contributed by atoms with Crippen molar-refractivity contribution in [1.82, 2.24) is 15.3 Å². The Morgan fingerprint density at radius 2 is 2.08 bits per heavy atom. The van der Waals surface area contributed by atoms with Crippen molar-refractivity contribution in [2.75, 3.05) is 0 Å². The molecular weight excluding hydrogens is 328 g/mol. The number of carbonyl (C=O) groups excluding carboxylic acids is 1. The number of rotatable bonds is 5. The first-order valence-corrected chi connectivity index (χ1v) is 7.83. The molecule has 5 N–H and O–H groups in total. The van der Waals surface area contributed by atoms with E-state index in [2.05, 4.69) is 20.3 Å². The maximum Gasteiger partial charge on any atom is 0.287 e. The number of amides is 1. The minimum atomic E-state index is -0.295. The lowest BCUT2D eigenvalue weighted by atomic mass is 10.2. The second kappa shape index (κ2) is 6.92. The van der Waals surface area contributed by atoms with Crippen molar-refractivity contribution in [3.8, 4) is 11.4 Å². The lowest BCUT2D eigenvalue weighted by molar-refractivity contribution is 0.0922. The van der Waals surface area contributed by atoms with E-state index in [1.807, 2.05) is 23.6 Å². The minimum Gasteiger partial charge on any atom is -0.459 e. The molecule has 122 valence electrons. The lowest BCUT2D eigenvalue weighted by Gasteiger charge is -2.04. The van der Waals surface area contributed by atoms with Crippen molar-refractivity contribution in [3.05, 3.63) is 53.4 Å².